The second-order valence-corrected chi connectivity index (χ2v) is 13.1. The summed E-state index contributed by atoms with van der Waals surface area (Å²) in [6.07, 6.45) is 19.0. The van der Waals surface area contributed by atoms with Gasteiger partial charge in [-0.1, -0.05) is 90.6 Å². The van der Waals surface area contributed by atoms with E-state index in [0.29, 0.717) is 5.41 Å². The summed E-state index contributed by atoms with van der Waals surface area (Å²) in [5.74, 6) is 5.08. The van der Waals surface area contributed by atoms with E-state index in [4.69, 9.17) is 4.74 Å². The molecule has 2 aliphatic rings. The van der Waals surface area contributed by atoms with E-state index in [1.807, 2.05) is 0 Å². The van der Waals surface area contributed by atoms with Gasteiger partial charge in [-0.2, -0.15) is 0 Å². The van der Waals surface area contributed by atoms with Crippen LogP contribution >= 0.6 is 0 Å². The van der Waals surface area contributed by atoms with E-state index in [-0.39, 0.29) is 0 Å². The van der Waals surface area contributed by atoms with Gasteiger partial charge in [0.2, 0.25) is 0 Å². The van der Waals surface area contributed by atoms with Gasteiger partial charge in [0.05, 0.1) is 6.61 Å². The van der Waals surface area contributed by atoms with Gasteiger partial charge in [-0.05, 0) is 122 Å². The molecule has 0 N–H and O–H groups in total. The Kier molecular flexibility index (Phi) is 10.8. The topological polar surface area (TPSA) is 9.23 Å². The molecule has 2 aromatic rings. The molecule has 2 aromatic carbocycles. The molecule has 0 bridgehead atoms. The molecule has 2 fully saturated rings. The highest BCUT2D eigenvalue weighted by molar-refractivity contribution is 5.66. The minimum Gasteiger partial charge on any atom is -0.493 e. The highest BCUT2D eigenvalue weighted by Gasteiger charge is 2.30. The molecule has 1 heteroatoms. The van der Waals surface area contributed by atoms with Gasteiger partial charge < -0.3 is 4.74 Å². The van der Waals surface area contributed by atoms with E-state index < -0.39 is 0 Å². The summed E-state index contributed by atoms with van der Waals surface area (Å²) in [4.78, 5) is 0. The molecule has 4 rings (SSSR count). The van der Waals surface area contributed by atoms with Gasteiger partial charge in [0.1, 0.15) is 5.75 Å². The Morgan fingerprint density at radius 2 is 1.29 bits per heavy atom. The van der Waals surface area contributed by atoms with Crippen LogP contribution in [0.3, 0.4) is 0 Å². The number of aryl methyl sites for hydroxylation is 2. The average Bonchev–Trinajstić information content (AvgIpc) is 2.98. The standard InChI is InChI=1S/C37H56O/c1-6-31-26-35(24-25-36(31)38-27-37(7-2,8-3)9-4)34-22-16-30(17-23-34)13-12-29-14-20-33(21-15-29)32-18-10-28(5)11-19-32/h16-17,22-26,28-29,32-33H,6-15,18-21,27H2,1-5H3. The molecule has 2 aliphatic carbocycles. The summed E-state index contributed by atoms with van der Waals surface area (Å²) >= 11 is 0. The second kappa shape index (κ2) is 14.0. The summed E-state index contributed by atoms with van der Waals surface area (Å²) in [5, 5.41) is 0. The number of benzene rings is 2. The van der Waals surface area contributed by atoms with E-state index in [2.05, 4.69) is 77.1 Å². The van der Waals surface area contributed by atoms with Crippen molar-refractivity contribution in [3.05, 3.63) is 53.6 Å². The van der Waals surface area contributed by atoms with Crippen molar-refractivity contribution in [1.29, 1.82) is 0 Å². The van der Waals surface area contributed by atoms with Crippen molar-refractivity contribution in [1.82, 2.24) is 0 Å². The predicted molar refractivity (Wildman–Crippen MR) is 165 cm³/mol. The maximum absolute atomic E-state index is 6.41. The molecule has 1 nitrogen and oxygen atoms in total. The molecule has 0 spiro atoms. The number of hydrogen-bond acceptors (Lipinski definition) is 1. The first kappa shape index (κ1) is 29.2. The van der Waals surface area contributed by atoms with E-state index in [1.165, 1.54) is 106 Å². The van der Waals surface area contributed by atoms with Crippen LogP contribution in [0.15, 0.2) is 42.5 Å². The van der Waals surface area contributed by atoms with Crippen LogP contribution in [0.5, 0.6) is 5.75 Å². The maximum atomic E-state index is 6.41. The fourth-order valence-corrected chi connectivity index (χ4v) is 7.40. The van der Waals surface area contributed by atoms with Crippen LogP contribution in [0.4, 0.5) is 0 Å². The van der Waals surface area contributed by atoms with Crippen molar-refractivity contribution < 1.29 is 4.74 Å². The van der Waals surface area contributed by atoms with Crippen molar-refractivity contribution in [2.45, 2.75) is 125 Å². The molecule has 0 amide bonds. The number of rotatable bonds is 12. The Labute approximate surface area is 235 Å². The van der Waals surface area contributed by atoms with E-state index in [1.54, 1.807) is 0 Å². The maximum Gasteiger partial charge on any atom is 0.122 e. The molecule has 0 unspecified atom stereocenters. The zero-order chi connectivity index (χ0) is 27.0. The molecule has 0 atom stereocenters. The van der Waals surface area contributed by atoms with Gasteiger partial charge in [-0.15, -0.1) is 0 Å². The lowest BCUT2D eigenvalue weighted by Crippen LogP contribution is -2.26. The molecule has 0 saturated heterocycles. The van der Waals surface area contributed by atoms with Crippen molar-refractivity contribution in [3.8, 4) is 16.9 Å². The van der Waals surface area contributed by atoms with Gasteiger partial charge in [0, 0.05) is 5.41 Å². The molecule has 0 radical (unpaired) electrons. The van der Waals surface area contributed by atoms with Crippen molar-refractivity contribution in [3.63, 3.8) is 0 Å². The third-order valence-electron chi connectivity index (χ3n) is 11.0. The zero-order valence-electron chi connectivity index (χ0n) is 25.4. The van der Waals surface area contributed by atoms with Crippen molar-refractivity contribution >= 4 is 0 Å². The van der Waals surface area contributed by atoms with Crippen LogP contribution in [0.1, 0.15) is 123 Å². The molecule has 38 heavy (non-hydrogen) atoms. The highest BCUT2D eigenvalue weighted by Crippen LogP contribution is 2.42. The van der Waals surface area contributed by atoms with Crippen LogP contribution in [0.25, 0.3) is 11.1 Å². The molecule has 0 aliphatic heterocycles. The summed E-state index contributed by atoms with van der Waals surface area (Å²) in [7, 11) is 0. The van der Waals surface area contributed by atoms with Crippen LogP contribution in [-0.2, 0) is 12.8 Å². The Morgan fingerprint density at radius 3 is 1.87 bits per heavy atom. The highest BCUT2D eigenvalue weighted by atomic mass is 16.5. The molecular weight excluding hydrogens is 460 g/mol. The summed E-state index contributed by atoms with van der Waals surface area (Å²) in [6, 6.07) is 16.2. The Bertz CT molecular complexity index is 944. The van der Waals surface area contributed by atoms with Crippen molar-refractivity contribution in [2.24, 2.45) is 29.1 Å². The van der Waals surface area contributed by atoms with E-state index >= 15 is 0 Å². The lowest BCUT2D eigenvalue weighted by molar-refractivity contribution is 0.127. The summed E-state index contributed by atoms with van der Waals surface area (Å²) < 4.78 is 6.41. The SMILES string of the molecule is CCc1cc(-c2ccc(CCC3CCC(C4CCC(C)CC4)CC3)cc2)ccc1OCC(CC)(CC)CC. The second-order valence-electron chi connectivity index (χ2n) is 13.1. The lowest BCUT2D eigenvalue weighted by Gasteiger charge is -2.37. The first-order chi connectivity index (χ1) is 18.5. The first-order valence-corrected chi connectivity index (χ1v) is 16.3. The lowest BCUT2D eigenvalue weighted by atomic mass is 9.69. The number of ether oxygens (including phenoxy) is 1. The largest absolute Gasteiger partial charge is 0.493 e. The van der Waals surface area contributed by atoms with Crippen molar-refractivity contribution in [2.75, 3.05) is 6.61 Å². The van der Waals surface area contributed by atoms with E-state index in [9.17, 15) is 0 Å². The molecular formula is C37H56O. The fourth-order valence-electron chi connectivity index (χ4n) is 7.40. The zero-order valence-corrected chi connectivity index (χ0v) is 25.4. The monoisotopic (exact) mass is 516 g/mol. The van der Waals surface area contributed by atoms with Gasteiger partial charge in [0.15, 0.2) is 0 Å². The van der Waals surface area contributed by atoms with Gasteiger partial charge in [-0.25, -0.2) is 0 Å². The Morgan fingerprint density at radius 1 is 0.711 bits per heavy atom. The van der Waals surface area contributed by atoms with Crippen LogP contribution in [0.2, 0.25) is 0 Å². The van der Waals surface area contributed by atoms with Crippen LogP contribution < -0.4 is 4.74 Å². The molecule has 210 valence electrons. The smallest absolute Gasteiger partial charge is 0.122 e. The third kappa shape index (κ3) is 7.45. The third-order valence-corrected chi connectivity index (χ3v) is 11.0. The van der Waals surface area contributed by atoms with Gasteiger partial charge in [-0.3, -0.25) is 0 Å². The summed E-state index contributed by atoms with van der Waals surface area (Å²) in [6.45, 7) is 12.4. The van der Waals surface area contributed by atoms with Crippen LogP contribution in [-0.4, -0.2) is 6.61 Å². The Balaban J connectivity index is 1.27. The van der Waals surface area contributed by atoms with Gasteiger partial charge >= 0.3 is 0 Å². The predicted octanol–water partition coefficient (Wildman–Crippen LogP) is 11.1. The first-order valence-electron chi connectivity index (χ1n) is 16.3. The quantitative estimate of drug-likeness (QED) is 0.272. The molecule has 0 aromatic heterocycles. The minimum absolute atomic E-state index is 0.299. The fraction of sp³-hybridized carbons (Fsp3) is 0.676. The average molecular weight is 517 g/mol. The minimum atomic E-state index is 0.299. The van der Waals surface area contributed by atoms with Gasteiger partial charge in [0.25, 0.3) is 0 Å². The summed E-state index contributed by atoms with van der Waals surface area (Å²) in [5.41, 5.74) is 5.75. The number of hydrogen-bond donors (Lipinski definition) is 0. The molecule has 0 heterocycles. The normalized spacial score (nSPS) is 24.3. The Hall–Kier alpha value is -1.76. The molecule has 2 saturated carbocycles. The van der Waals surface area contributed by atoms with E-state index in [0.717, 1.165) is 42.4 Å². The van der Waals surface area contributed by atoms with Crippen LogP contribution in [0, 0.1) is 29.1 Å².